The summed E-state index contributed by atoms with van der Waals surface area (Å²) in [6, 6.07) is 2.99. The number of amides is 1. The minimum atomic E-state index is -0.230. The number of hydrogen-bond acceptors (Lipinski definition) is 4. The normalized spacial score (nSPS) is 21.9. The van der Waals surface area contributed by atoms with Crippen LogP contribution in [0.2, 0.25) is 0 Å². The van der Waals surface area contributed by atoms with Crippen LogP contribution in [0.5, 0.6) is 0 Å². The van der Waals surface area contributed by atoms with Crippen molar-refractivity contribution in [1.82, 2.24) is 15.2 Å². The molecule has 0 spiro atoms. The van der Waals surface area contributed by atoms with Crippen molar-refractivity contribution < 1.29 is 9.53 Å². The molecule has 0 bridgehead atoms. The summed E-state index contributed by atoms with van der Waals surface area (Å²) in [5.41, 5.74) is 0.00589. The molecule has 2 heterocycles. The van der Waals surface area contributed by atoms with Crippen LogP contribution in [0.1, 0.15) is 23.2 Å². The van der Waals surface area contributed by atoms with Crippen LogP contribution in [0, 0.1) is 0 Å². The van der Waals surface area contributed by atoms with Gasteiger partial charge in [0.05, 0.1) is 12.1 Å². The number of nitrogens with zero attached hydrogens (tertiary/aromatic N) is 1. The first-order chi connectivity index (χ1) is 9.56. The molecule has 6 nitrogen and oxygen atoms in total. The van der Waals surface area contributed by atoms with E-state index in [1.54, 1.807) is 26.4 Å². The molecule has 2 N–H and O–H groups in total. The second-order valence-corrected chi connectivity index (χ2v) is 5.29. The van der Waals surface area contributed by atoms with Crippen molar-refractivity contribution in [3.63, 3.8) is 0 Å². The van der Waals surface area contributed by atoms with Gasteiger partial charge >= 0.3 is 0 Å². The average molecular weight is 279 g/mol. The summed E-state index contributed by atoms with van der Waals surface area (Å²) in [5, 5.41) is 6.28. The summed E-state index contributed by atoms with van der Waals surface area (Å²) in [6.45, 7) is 1.99. The summed E-state index contributed by atoms with van der Waals surface area (Å²) in [6.07, 6.45) is 3.64. The molecule has 0 aromatic carbocycles. The number of aromatic nitrogens is 1. The van der Waals surface area contributed by atoms with E-state index in [1.165, 1.54) is 10.6 Å². The Morgan fingerprint density at radius 3 is 3.00 bits per heavy atom. The number of aryl methyl sites for hydroxylation is 1. The van der Waals surface area contributed by atoms with E-state index >= 15 is 0 Å². The fourth-order valence-electron chi connectivity index (χ4n) is 2.51. The predicted octanol–water partition coefficient (Wildman–Crippen LogP) is -0.116. The molecule has 1 amide bonds. The van der Waals surface area contributed by atoms with Crippen molar-refractivity contribution >= 4 is 5.91 Å². The van der Waals surface area contributed by atoms with Gasteiger partial charge in [-0.3, -0.25) is 9.59 Å². The van der Waals surface area contributed by atoms with Crippen molar-refractivity contribution in [2.24, 2.45) is 7.05 Å². The van der Waals surface area contributed by atoms with Crippen LogP contribution in [-0.2, 0) is 11.8 Å². The Bertz CT molecular complexity index is 533. The zero-order valence-electron chi connectivity index (χ0n) is 11.9. The van der Waals surface area contributed by atoms with Gasteiger partial charge in [-0.2, -0.15) is 0 Å². The van der Waals surface area contributed by atoms with Crippen molar-refractivity contribution in [2.45, 2.75) is 18.4 Å². The Hall–Kier alpha value is -1.66. The lowest BCUT2D eigenvalue weighted by atomic mass is 9.98. The van der Waals surface area contributed by atoms with Crippen molar-refractivity contribution in [2.75, 3.05) is 26.8 Å². The third kappa shape index (κ3) is 3.26. The molecule has 0 radical (unpaired) electrons. The van der Waals surface area contributed by atoms with Gasteiger partial charge < -0.3 is 19.9 Å². The van der Waals surface area contributed by atoms with Crippen LogP contribution in [-0.4, -0.2) is 42.8 Å². The van der Waals surface area contributed by atoms with Crippen LogP contribution in [0.3, 0.4) is 0 Å². The van der Waals surface area contributed by atoms with Gasteiger partial charge in [-0.05, 0) is 25.5 Å². The van der Waals surface area contributed by atoms with Crippen molar-refractivity contribution in [3.8, 4) is 0 Å². The lowest BCUT2D eigenvalue weighted by Gasteiger charge is -2.28. The molecule has 1 fully saturated rings. The summed E-state index contributed by atoms with van der Waals surface area (Å²) in [5.74, 6) is -0.230. The van der Waals surface area contributed by atoms with Crippen LogP contribution in [0.4, 0.5) is 0 Å². The summed E-state index contributed by atoms with van der Waals surface area (Å²) in [7, 11) is 3.31. The molecule has 1 saturated heterocycles. The Labute approximate surface area is 118 Å². The van der Waals surface area contributed by atoms with E-state index in [1.807, 2.05) is 0 Å². The quantitative estimate of drug-likeness (QED) is 0.788. The molecule has 1 unspecified atom stereocenters. The van der Waals surface area contributed by atoms with E-state index in [9.17, 15) is 9.59 Å². The second kappa shape index (κ2) is 6.19. The first-order valence-corrected chi connectivity index (χ1v) is 6.75. The molecule has 1 aliphatic heterocycles. The molecule has 2 rings (SSSR count). The highest BCUT2D eigenvalue weighted by molar-refractivity contribution is 5.94. The fourth-order valence-corrected chi connectivity index (χ4v) is 2.51. The summed E-state index contributed by atoms with van der Waals surface area (Å²) >= 11 is 0. The maximum absolute atomic E-state index is 12.1. The van der Waals surface area contributed by atoms with Crippen LogP contribution >= 0.6 is 0 Å². The smallest absolute Gasteiger partial charge is 0.251 e. The van der Waals surface area contributed by atoms with Gasteiger partial charge in [0.2, 0.25) is 0 Å². The number of pyridine rings is 1. The molecule has 1 aliphatic rings. The maximum Gasteiger partial charge on any atom is 0.251 e. The van der Waals surface area contributed by atoms with E-state index in [0.717, 1.165) is 19.4 Å². The zero-order valence-corrected chi connectivity index (χ0v) is 11.9. The summed E-state index contributed by atoms with van der Waals surface area (Å²) < 4.78 is 6.67. The highest BCUT2D eigenvalue weighted by Gasteiger charge is 2.33. The van der Waals surface area contributed by atoms with Crippen LogP contribution < -0.4 is 16.2 Å². The van der Waals surface area contributed by atoms with E-state index in [2.05, 4.69) is 10.6 Å². The Morgan fingerprint density at radius 1 is 1.60 bits per heavy atom. The minimum absolute atomic E-state index is 0.190. The number of methoxy groups -OCH3 is 1. The maximum atomic E-state index is 12.1. The number of nitrogens with one attached hydrogen (secondary N) is 2. The third-order valence-corrected chi connectivity index (χ3v) is 3.71. The Morgan fingerprint density at radius 2 is 2.40 bits per heavy atom. The van der Waals surface area contributed by atoms with Gasteiger partial charge in [0.1, 0.15) is 0 Å². The number of ether oxygens (including phenoxy) is 1. The standard InChI is InChI=1S/C14H21N3O3/c1-17-7-4-11(8-12(17)18)13(19)15-9-14(10-20-2)5-3-6-16-14/h4,7-8,16H,3,5-6,9-10H2,1-2H3,(H,15,19). The van der Waals surface area contributed by atoms with Gasteiger partial charge in [-0.25, -0.2) is 0 Å². The zero-order chi connectivity index (χ0) is 14.6. The molecule has 1 aromatic rings. The van der Waals surface area contributed by atoms with E-state index < -0.39 is 0 Å². The monoisotopic (exact) mass is 279 g/mol. The number of hydrogen-bond donors (Lipinski definition) is 2. The van der Waals surface area contributed by atoms with Crippen LogP contribution in [0.25, 0.3) is 0 Å². The van der Waals surface area contributed by atoms with Crippen LogP contribution in [0.15, 0.2) is 23.1 Å². The molecule has 1 aromatic heterocycles. The van der Waals surface area contributed by atoms with Gasteiger partial charge in [0.15, 0.2) is 0 Å². The molecule has 20 heavy (non-hydrogen) atoms. The Kier molecular flexibility index (Phi) is 4.57. The molecule has 0 saturated carbocycles. The second-order valence-electron chi connectivity index (χ2n) is 5.29. The first kappa shape index (κ1) is 14.7. The molecular formula is C14H21N3O3. The lowest BCUT2D eigenvalue weighted by molar-refractivity contribution is 0.0892. The lowest BCUT2D eigenvalue weighted by Crippen LogP contribution is -2.53. The van der Waals surface area contributed by atoms with Crippen molar-refractivity contribution in [3.05, 3.63) is 34.2 Å². The van der Waals surface area contributed by atoms with E-state index in [-0.39, 0.29) is 17.0 Å². The van der Waals surface area contributed by atoms with E-state index in [0.29, 0.717) is 18.7 Å². The number of carbonyl (C=O) groups excluding carboxylic acids is 1. The Balaban J connectivity index is 2.00. The largest absolute Gasteiger partial charge is 0.383 e. The van der Waals surface area contributed by atoms with Gasteiger partial charge in [0, 0.05) is 38.5 Å². The third-order valence-electron chi connectivity index (χ3n) is 3.71. The van der Waals surface area contributed by atoms with Gasteiger partial charge in [-0.15, -0.1) is 0 Å². The SMILES string of the molecule is COCC1(CNC(=O)c2ccn(C)c(=O)c2)CCCN1. The first-order valence-electron chi connectivity index (χ1n) is 6.75. The molecule has 6 heteroatoms. The van der Waals surface area contributed by atoms with E-state index in [4.69, 9.17) is 4.74 Å². The molecule has 1 atom stereocenters. The topological polar surface area (TPSA) is 72.4 Å². The van der Waals surface area contributed by atoms with Gasteiger partial charge in [0.25, 0.3) is 11.5 Å². The highest BCUT2D eigenvalue weighted by Crippen LogP contribution is 2.18. The molecular weight excluding hydrogens is 258 g/mol. The molecule has 110 valence electrons. The van der Waals surface area contributed by atoms with Gasteiger partial charge in [-0.1, -0.05) is 0 Å². The van der Waals surface area contributed by atoms with Crippen molar-refractivity contribution in [1.29, 1.82) is 0 Å². The number of rotatable bonds is 5. The fraction of sp³-hybridized carbons (Fsp3) is 0.571. The number of carbonyl (C=O) groups is 1. The average Bonchev–Trinajstić information content (AvgIpc) is 2.89. The predicted molar refractivity (Wildman–Crippen MR) is 75.9 cm³/mol. The molecule has 0 aliphatic carbocycles. The summed E-state index contributed by atoms with van der Waals surface area (Å²) in [4.78, 5) is 23.6. The highest BCUT2D eigenvalue weighted by atomic mass is 16.5. The minimum Gasteiger partial charge on any atom is -0.383 e.